The van der Waals surface area contributed by atoms with E-state index in [2.05, 4.69) is 54.1 Å². The Bertz CT molecular complexity index is 1050. The van der Waals surface area contributed by atoms with Gasteiger partial charge in [-0.25, -0.2) is 0 Å². The van der Waals surface area contributed by atoms with Crippen LogP contribution in [0.25, 0.3) is 11.5 Å². The Morgan fingerprint density at radius 3 is 2.44 bits per heavy atom. The molecule has 9 heteroatoms. The van der Waals surface area contributed by atoms with Crippen molar-refractivity contribution in [2.24, 2.45) is 0 Å². The molecule has 1 aliphatic heterocycles. The van der Waals surface area contributed by atoms with Crippen molar-refractivity contribution in [2.45, 2.75) is 38.0 Å². The van der Waals surface area contributed by atoms with E-state index in [1.54, 1.807) is 11.3 Å². The highest BCUT2D eigenvalue weighted by molar-refractivity contribution is 7.99. The lowest BCUT2D eigenvalue weighted by Gasteiger charge is -2.34. The summed E-state index contributed by atoms with van der Waals surface area (Å²) in [7, 11) is 0. The van der Waals surface area contributed by atoms with E-state index in [1.807, 2.05) is 23.1 Å². The summed E-state index contributed by atoms with van der Waals surface area (Å²) in [4.78, 5) is 18.2. The molecule has 32 heavy (non-hydrogen) atoms. The maximum absolute atomic E-state index is 12.6. The van der Waals surface area contributed by atoms with Crippen LogP contribution in [0.15, 0.2) is 46.0 Å². The normalized spacial score (nSPS) is 15.3. The third kappa shape index (κ3) is 5.92. The maximum atomic E-state index is 12.6. The lowest BCUT2D eigenvalue weighted by Crippen LogP contribution is -2.48. The van der Waals surface area contributed by atoms with Gasteiger partial charge in [-0.2, -0.15) is 0 Å². The van der Waals surface area contributed by atoms with Gasteiger partial charge in [0.1, 0.15) is 0 Å². The van der Waals surface area contributed by atoms with Crippen LogP contribution in [0, 0.1) is 0 Å². The SMILES string of the molecule is CC(C)(C)c1ccc(-c2nnc(SCC(=O)N3CCN(Cc4ccc(Cl)s4)CC3)o2)cc1. The highest BCUT2D eigenvalue weighted by Gasteiger charge is 2.22. The number of nitrogens with zero attached hydrogens (tertiary/aromatic N) is 4. The minimum atomic E-state index is 0.0951. The molecule has 0 radical (unpaired) electrons. The van der Waals surface area contributed by atoms with Crippen molar-refractivity contribution in [3.63, 3.8) is 0 Å². The van der Waals surface area contributed by atoms with E-state index in [9.17, 15) is 4.79 Å². The zero-order valence-corrected chi connectivity index (χ0v) is 20.9. The Morgan fingerprint density at radius 1 is 1.09 bits per heavy atom. The number of halogens is 1. The smallest absolute Gasteiger partial charge is 0.277 e. The van der Waals surface area contributed by atoms with E-state index >= 15 is 0 Å². The Balaban J connectivity index is 1.25. The fourth-order valence-electron chi connectivity index (χ4n) is 3.52. The van der Waals surface area contributed by atoms with Crippen LogP contribution in [-0.2, 0) is 16.8 Å². The number of hydrogen-bond acceptors (Lipinski definition) is 7. The molecule has 1 fully saturated rings. The third-order valence-electron chi connectivity index (χ3n) is 5.46. The molecule has 1 amide bonds. The van der Waals surface area contributed by atoms with Crippen LogP contribution in [0.1, 0.15) is 31.2 Å². The monoisotopic (exact) mass is 490 g/mol. The molecule has 0 spiro atoms. The average molecular weight is 491 g/mol. The molecular formula is C23H27ClN4O2S2. The molecule has 1 aliphatic rings. The molecule has 0 atom stereocenters. The molecule has 170 valence electrons. The maximum Gasteiger partial charge on any atom is 0.277 e. The summed E-state index contributed by atoms with van der Waals surface area (Å²) in [6.07, 6.45) is 0. The van der Waals surface area contributed by atoms with Gasteiger partial charge in [0, 0.05) is 43.2 Å². The van der Waals surface area contributed by atoms with Crippen LogP contribution in [-0.4, -0.2) is 57.8 Å². The first-order valence-corrected chi connectivity index (χ1v) is 12.8. The van der Waals surface area contributed by atoms with Gasteiger partial charge in [-0.05, 0) is 35.2 Å². The second-order valence-electron chi connectivity index (χ2n) is 8.85. The van der Waals surface area contributed by atoms with Gasteiger partial charge in [-0.1, -0.05) is 56.3 Å². The van der Waals surface area contributed by atoms with Crippen molar-refractivity contribution in [2.75, 3.05) is 31.9 Å². The topological polar surface area (TPSA) is 62.5 Å². The molecule has 0 N–H and O–H groups in total. The molecule has 4 rings (SSSR count). The summed E-state index contributed by atoms with van der Waals surface area (Å²) in [5, 5.41) is 8.66. The first kappa shape index (κ1) is 23.3. The highest BCUT2D eigenvalue weighted by atomic mass is 35.5. The highest BCUT2D eigenvalue weighted by Crippen LogP contribution is 2.27. The Hall–Kier alpha value is -1.87. The summed E-state index contributed by atoms with van der Waals surface area (Å²) in [6, 6.07) is 12.2. The zero-order chi connectivity index (χ0) is 22.7. The summed E-state index contributed by atoms with van der Waals surface area (Å²) in [5.74, 6) is 0.872. The number of carbonyl (C=O) groups excluding carboxylic acids is 1. The van der Waals surface area contributed by atoms with Crippen molar-refractivity contribution >= 4 is 40.6 Å². The molecule has 3 heterocycles. The molecule has 0 saturated carbocycles. The Kier molecular flexibility index (Phi) is 7.24. The fraction of sp³-hybridized carbons (Fsp3) is 0.435. The van der Waals surface area contributed by atoms with E-state index in [0.29, 0.717) is 16.9 Å². The van der Waals surface area contributed by atoms with Crippen LogP contribution >= 0.6 is 34.7 Å². The lowest BCUT2D eigenvalue weighted by molar-refractivity contribution is -0.130. The van der Waals surface area contributed by atoms with Crippen molar-refractivity contribution in [3.8, 4) is 11.5 Å². The second-order valence-corrected chi connectivity index (χ2v) is 11.6. The quantitative estimate of drug-likeness (QED) is 0.443. The number of thiophene rings is 1. The first-order valence-electron chi connectivity index (χ1n) is 10.6. The molecule has 3 aromatic rings. The largest absolute Gasteiger partial charge is 0.411 e. The fourth-order valence-corrected chi connectivity index (χ4v) is 5.32. The number of aromatic nitrogens is 2. The average Bonchev–Trinajstić information content (AvgIpc) is 3.41. The molecule has 0 aliphatic carbocycles. The van der Waals surface area contributed by atoms with Gasteiger partial charge in [0.05, 0.1) is 10.1 Å². The number of rotatable bonds is 6. The molecule has 1 aromatic carbocycles. The Morgan fingerprint density at radius 2 is 1.81 bits per heavy atom. The van der Waals surface area contributed by atoms with E-state index in [1.165, 1.54) is 22.2 Å². The predicted molar refractivity (Wildman–Crippen MR) is 130 cm³/mol. The van der Waals surface area contributed by atoms with Crippen LogP contribution in [0.4, 0.5) is 0 Å². The van der Waals surface area contributed by atoms with Crippen molar-refractivity contribution < 1.29 is 9.21 Å². The van der Waals surface area contributed by atoms with Gasteiger partial charge in [0.15, 0.2) is 0 Å². The van der Waals surface area contributed by atoms with Crippen molar-refractivity contribution in [1.29, 1.82) is 0 Å². The second kappa shape index (κ2) is 9.95. The van der Waals surface area contributed by atoms with Crippen molar-refractivity contribution in [3.05, 3.63) is 51.2 Å². The number of carbonyl (C=O) groups is 1. The molecule has 1 saturated heterocycles. The zero-order valence-electron chi connectivity index (χ0n) is 18.5. The lowest BCUT2D eigenvalue weighted by atomic mass is 9.87. The van der Waals surface area contributed by atoms with Crippen molar-refractivity contribution in [1.82, 2.24) is 20.0 Å². The van der Waals surface area contributed by atoms with Gasteiger partial charge >= 0.3 is 0 Å². The summed E-state index contributed by atoms with van der Waals surface area (Å²) >= 11 is 8.92. The molecule has 6 nitrogen and oxygen atoms in total. The minimum absolute atomic E-state index is 0.0951. The van der Waals surface area contributed by atoms with Gasteiger partial charge in [-0.3, -0.25) is 9.69 Å². The van der Waals surface area contributed by atoms with Crippen LogP contribution in [0.2, 0.25) is 4.34 Å². The minimum Gasteiger partial charge on any atom is -0.411 e. The number of amides is 1. The third-order valence-corrected chi connectivity index (χ3v) is 7.48. The predicted octanol–water partition coefficient (Wildman–Crippen LogP) is 5.19. The summed E-state index contributed by atoms with van der Waals surface area (Å²) in [6.45, 7) is 10.6. The molecule has 2 aromatic heterocycles. The van der Waals surface area contributed by atoms with E-state index in [-0.39, 0.29) is 11.3 Å². The van der Waals surface area contributed by atoms with Gasteiger partial charge < -0.3 is 9.32 Å². The first-order chi connectivity index (χ1) is 15.3. The van der Waals surface area contributed by atoms with E-state index < -0.39 is 0 Å². The molecule has 0 unspecified atom stereocenters. The summed E-state index contributed by atoms with van der Waals surface area (Å²) in [5.41, 5.74) is 2.23. The number of piperazine rings is 1. The number of benzene rings is 1. The van der Waals surface area contributed by atoms with E-state index in [4.69, 9.17) is 16.0 Å². The standard InChI is InChI=1S/C23H27ClN4O2S2/c1-23(2,3)17-6-4-16(5-7-17)21-25-26-22(30-21)31-15-20(29)28-12-10-27(11-13-28)14-18-8-9-19(24)32-18/h4-9H,10-15H2,1-3H3. The Labute approximate surface area is 202 Å². The van der Waals surface area contributed by atoms with Gasteiger partial charge in [-0.15, -0.1) is 21.5 Å². The van der Waals surface area contributed by atoms with Gasteiger partial charge in [0.25, 0.3) is 5.22 Å². The van der Waals surface area contributed by atoms with Crippen LogP contribution < -0.4 is 0 Å². The number of thioether (sulfide) groups is 1. The van der Waals surface area contributed by atoms with E-state index in [0.717, 1.165) is 42.6 Å². The molecular weight excluding hydrogens is 464 g/mol. The van der Waals surface area contributed by atoms with Crippen LogP contribution in [0.3, 0.4) is 0 Å². The number of hydrogen-bond donors (Lipinski definition) is 0. The molecule has 0 bridgehead atoms. The summed E-state index contributed by atoms with van der Waals surface area (Å²) < 4.78 is 6.59. The van der Waals surface area contributed by atoms with Gasteiger partial charge in [0.2, 0.25) is 11.8 Å². The van der Waals surface area contributed by atoms with Crippen LogP contribution in [0.5, 0.6) is 0 Å².